The minimum absolute atomic E-state index is 0.0390. The van der Waals surface area contributed by atoms with E-state index in [9.17, 15) is 4.79 Å². The van der Waals surface area contributed by atoms with Gasteiger partial charge in [0.25, 0.3) is 5.91 Å². The molecule has 0 saturated heterocycles. The Balaban J connectivity index is 1.43. The molecule has 2 aliphatic rings. The lowest BCUT2D eigenvalue weighted by molar-refractivity contribution is 0.0948. The fraction of sp³-hybridized carbons (Fsp3) is 0.588. The molecule has 2 N–H and O–H groups in total. The highest BCUT2D eigenvalue weighted by molar-refractivity contribution is 5.95. The summed E-state index contributed by atoms with van der Waals surface area (Å²) in [6.07, 6.45) is 13.9. The van der Waals surface area contributed by atoms with Gasteiger partial charge in [-0.1, -0.05) is 19.3 Å². The van der Waals surface area contributed by atoms with E-state index in [2.05, 4.69) is 25.1 Å². The average molecular weight is 313 g/mol. The summed E-state index contributed by atoms with van der Waals surface area (Å²) in [4.78, 5) is 16.8. The maximum absolute atomic E-state index is 12.6. The molecule has 2 aromatic rings. The molecular weight excluding hydrogens is 290 g/mol. The van der Waals surface area contributed by atoms with E-state index in [1.54, 1.807) is 6.20 Å². The van der Waals surface area contributed by atoms with E-state index in [-0.39, 0.29) is 5.91 Å². The molecule has 0 spiro atoms. The topological polar surface area (TPSA) is 75.6 Å². The first-order chi connectivity index (χ1) is 11.3. The molecule has 0 aromatic carbocycles. The molecule has 122 valence electrons. The number of aromatic amines is 1. The number of imidazole rings is 1. The number of H-pyrrole nitrogens is 1. The second-order valence-electron chi connectivity index (χ2n) is 6.74. The Hall–Kier alpha value is -2.11. The van der Waals surface area contributed by atoms with Crippen LogP contribution in [0.2, 0.25) is 0 Å². The first kappa shape index (κ1) is 14.5. The van der Waals surface area contributed by atoms with Gasteiger partial charge in [-0.05, 0) is 25.7 Å². The third-order valence-electron chi connectivity index (χ3n) is 5.04. The van der Waals surface area contributed by atoms with Gasteiger partial charge in [-0.15, -0.1) is 0 Å². The normalized spacial score (nSPS) is 19.0. The summed E-state index contributed by atoms with van der Waals surface area (Å²) in [5.74, 6) is 0.409. The number of nitrogens with one attached hydrogen (secondary N) is 2. The maximum Gasteiger partial charge on any atom is 0.255 e. The molecule has 6 nitrogen and oxygen atoms in total. The summed E-state index contributed by atoms with van der Waals surface area (Å²) in [5, 5.41) is 10.2. The number of hydrogen-bond donors (Lipinski definition) is 2. The van der Waals surface area contributed by atoms with Crippen molar-refractivity contribution < 1.29 is 4.79 Å². The van der Waals surface area contributed by atoms with Gasteiger partial charge in [0.2, 0.25) is 0 Å². The van der Waals surface area contributed by atoms with Crippen LogP contribution in [0.5, 0.6) is 0 Å². The van der Waals surface area contributed by atoms with Crippen LogP contribution in [0.1, 0.15) is 78.7 Å². The van der Waals surface area contributed by atoms with Gasteiger partial charge in [-0.2, -0.15) is 5.10 Å². The minimum atomic E-state index is -0.0390. The molecule has 2 saturated carbocycles. The van der Waals surface area contributed by atoms with Gasteiger partial charge in [0, 0.05) is 18.2 Å². The zero-order valence-electron chi connectivity index (χ0n) is 13.3. The third kappa shape index (κ3) is 3.02. The van der Waals surface area contributed by atoms with Gasteiger partial charge in [0.05, 0.1) is 36.0 Å². The Kier molecular flexibility index (Phi) is 3.89. The Morgan fingerprint density at radius 1 is 1.22 bits per heavy atom. The van der Waals surface area contributed by atoms with Gasteiger partial charge in [-0.3, -0.25) is 9.89 Å². The molecule has 0 aliphatic heterocycles. The fourth-order valence-electron chi connectivity index (χ4n) is 3.60. The number of rotatable bonds is 5. The van der Waals surface area contributed by atoms with Crippen molar-refractivity contribution in [3.8, 4) is 0 Å². The number of hydrogen-bond acceptors (Lipinski definition) is 3. The maximum atomic E-state index is 12.6. The number of amides is 1. The molecule has 2 aliphatic carbocycles. The van der Waals surface area contributed by atoms with Gasteiger partial charge >= 0.3 is 0 Å². The van der Waals surface area contributed by atoms with Crippen LogP contribution >= 0.6 is 0 Å². The fourth-order valence-corrected chi connectivity index (χ4v) is 3.60. The van der Waals surface area contributed by atoms with Crippen LogP contribution in [-0.4, -0.2) is 25.7 Å². The standard InChI is InChI=1S/C17H23N5O/c23-17(19-9-14-8-18-11-22(14)13-6-7-13)15-10-20-21-16(15)12-4-2-1-3-5-12/h8,10-13H,1-7,9H2,(H,19,23)(H,20,21). The molecule has 23 heavy (non-hydrogen) atoms. The van der Waals surface area contributed by atoms with E-state index in [1.807, 2.05) is 12.5 Å². The van der Waals surface area contributed by atoms with Gasteiger partial charge in [0.1, 0.15) is 0 Å². The van der Waals surface area contributed by atoms with Crippen molar-refractivity contribution in [2.24, 2.45) is 0 Å². The molecule has 2 heterocycles. The van der Waals surface area contributed by atoms with Crippen LogP contribution in [0.3, 0.4) is 0 Å². The van der Waals surface area contributed by atoms with Crippen molar-refractivity contribution in [2.75, 3.05) is 0 Å². The van der Waals surface area contributed by atoms with Crippen molar-refractivity contribution >= 4 is 5.91 Å². The molecule has 2 aromatic heterocycles. The highest BCUT2D eigenvalue weighted by Crippen LogP contribution is 2.35. The molecular formula is C17H23N5O. The smallest absolute Gasteiger partial charge is 0.255 e. The van der Waals surface area contributed by atoms with E-state index < -0.39 is 0 Å². The molecule has 0 unspecified atom stereocenters. The zero-order valence-corrected chi connectivity index (χ0v) is 13.3. The van der Waals surface area contributed by atoms with Crippen molar-refractivity contribution in [2.45, 2.75) is 63.5 Å². The summed E-state index contributed by atoms with van der Waals surface area (Å²) in [5.41, 5.74) is 2.79. The van der Waals surface area contributed by atoms with Crippen molar-refractivity contribution in [3.63, 3.8) is 0 Å². The zero-order chi connectivity index (χ0) is 15.6. The largest absolute Gasteiger partial charge is 0.346 e. The predicted molar refractivity (Wildman–Crippen MR) is 86.1 cm³/mol. The Bertz CT molecular complexity index is 679. The van der Waals surface area contributed by atoms with E-state index in [1.165, 1.54) is 32.1 Å². The Labute approximate surface area is 135 Å². The lowest BCUT2D eigenvalue weighted by atomic mass is 9.85. The van der Waals surface area contributed by atoms with Crippen LogP contribution in [0.15, 0.2) is 18.7 Å². The van der Waals surface area contributed by atoms with Crippen molar-refractivity contribution in [1.29, 1.82) is 0 Å². The van der Waals surface area contributed by atoms with Gasteiger partial charge < -0.3 is 9.88 Å². The molecule has 0 atom stereocenters. The van der Waals surface area contributed by atoms with Crippen LogP contribution < -0.4 is 5.32 Å². The molecule has 0 bridgehead atoms. The third-order valence-corrected chi connectivity index (χ3v) is 5.04. The predicted octanol–water partition coefficient (Wildman–Crippen LogP) is 2.92. The molecule has 0 radical (unpaired) electrons. The van der Waals surface area contributed by atoms with Crippen LogP contribution in [0.4, 0.5) is 0 Å². The molecule has 4 rings (SSSR count). The van der Waals surface area contributed by atoms with E-state index in [4.69, 9.17) is 0 Å². The first-order valence-electron chi connectivity index (χ1n) is 8.65. The highest BCUT2D eigenvalue weighted by atomic mass is 16.1. The van der Waals surface area contributed by atoms with Crippen molar-refractivity contribution in [1.82, 2.24) is 25.1 Å². The quantitative estimate of drug-likeness (QED) is 0.891. The average Bonchev–Trinajstić information content (AvgIpc) is 3.13. The summed E-state index contributed by atoms with van der Waals surface area (Å²) >= 11 is 0. The summed E-state index contributed by atoms with van der Waals surface area (Å²) in [6.45, 7) is 0.518. The second kappa shape index (κ2) is 6.18. The van der Waals surface area contributed by atoms with Crippen LogP contribution in [0, 0.1) is 0 Å². The van der Waals surface area contributed by atoms with Gasteiger partial charge in [-0.25, -0.2) is 4.98 Å². The molecule has 2 fully saturated rings. The lowest BCUT2D eigenvalue weighted by Gasteiger charge is -2.21. The highest BCUT2D eigenvalue weighted by Gasteiger charge is 2.26. The monoisotopic (exact) mass is 313 g/mol. The Morgan fingerprint density at radius 3 is 2.83 bits per heavy atom. The molecule has 1 amide bonds. The lowest BCUT2D eigenvalue weighted by Crippen LogP contribution is -2.25. The van der Waals surface area contributed by atoms with Gasteiger partial charge in [0.15, 0.2) is 0 Å². The van der Waals surface area contributed by atoms with Crippen LogP contribution in [-0.2, 0) is 6.54 Å². The van der Waals surface area contributed by atoms with E-state index in [0.29, 0.717) is 24.1 Å². The van der Waals surface area contributed by atoms with E-state index >= 15 is 0 Å². The van der Waals surface area contributed by atoms with Crippen LogP contribution in [0.25, 0.3) is 0 Å². The number of aromatic nitrogens is 4. The molecule has 6 heteroatoms. The number of carbonyl (C=O) groups excluding carboxylic acids is 1. The Morgan fingerprint density at radius 2 is 2.04 bits per heavy atom. The number of nitrogens with zero attached hydrogens (tertiary/aromatic N) is 3. The second-order valence-corrected chi connectivity index (χ2v) is 6.74. The minimum Gasteiger partial charge on any atom is -0.346 e. The first-order valence-corrected chi connectivity index (χ1v) is 8.65. The summed E-state index contributed by atoms with van der Waals surface area (Å²) in [6, 6.07) is 0.580. The SMILES string of the molecule is O=C(NCc1cncn1C1CC1)c1cn[nH]c1C1CCCCC1. The van der Waals surface area contributed by atoms with Crippen molar-refractivity contribution in [3.05, 3.63) is 35.7 Å². The number of carbonyl (C=O) groups is 1. The summed E-state index contributed by atoms with van der Waals surface area (Å²) < 4.78 is 2.18. The summed E-state index contributed by atoms with van der Waals surface area (Å²) in [7, 11) is 0. The van der Waals surface area contributed by atoms with E-state index in [0.717, 1.165) is 24.2 Å².